The number of rotatable bonds is 6. The van der Waals surface area contributed by atoms with E-state index in [9.17, 15) is 9.59 Å². The Kier molecular flexibility index (Phi) is 8.38. The van der Waals surface area contributed by atoms with Crippen LogP contribution in [0.5, 0.6) is 0 Å². The van der Waals surface area contributed by atoms with Crippen LogP contribution in [0.2, 0.25) is 0 Å². The standard InChI is InChI=1S/C27H39N5O2/c1-3-26(33)32-17-14-23-10-7-11-24(31(23)4-2)20-30(19-22-9-5-6-12-25(22)32)27(34)13-8-16-29-18-15-28-21-29/h5-6,9,12,15,18,21,23-24H,3-4,7-8,10-11,13-14,16-17,19-20H2,1-2H3. The van der Waals surface area contributed by atoms with Crippen LogP contribution in [0.1, 0.15) is 64.4 Å². The van der Waals surface area contributed by atoms with Crippen LogP contribution in [0.25, 0.3) is 0 Å². The van der Waals surface area contributed by atoms with Gasteiger partial charge < -0.3 is 14.4 Å². The second-order valence-corrected chi connectivity index (χ2v) is 9.56. The maximum Gasteiger partial charge on any atom is 0.226 e. The lowest BCUT2D eigenvalue weighted by molar-refractivity contribution is -0.133. The van der Waals surface area contributed by atoms with Gasteiger partial charge in [0.2, 0.25) is 11.8 Å². The van der Waals surface area contributed by atoms with E-state index in [1.165, 1.54) is 12.8 Å². The van der Waals surface area contributed by atoms with E-state index in [0.717, 1.165) is 56.7 Å². The van der Waals surface area contributed by atoms with Crippen LogP contribution in [0.4, 0.5) is 5.69 Å². The zero-order chi connectivity index (χ0) is 23.9. The summed E-state index contributed by atoms with van der Waals surface area (Å²) in [5, 5.41) is 0. The zero-order valence-corrected chi connectivity index (χ0v) is 20.7. The van der Waals surface area contributed by atoms with Crippen molar-refractivity contribution in [3.05, 3.63) is 48.5 Å². The number of carbonyl (C=O) groups is 2. The minimum absolute atomic E-state index is 0.153. The van der Waals surface area contributed by atoms with Gasteiger partial charge >= 0.3 is 0 Å². The molecule has 0 spiro atoms. The monoisotopic (exact) mass is 465 g/mol. The minimum Gasteiger partial charge on any atom is -0.337 e. The number of imidazole rings is 1. The molecule has 2 amide bonds. The fraction of sp³-hybridized carbons (Fsp3) is 0.593. The van der Waals surface area contributed by atoms with Crippen molar-refractivity contribution in [2.24, 2.45) is 0 Å². The number of aromatic nitrogens is 2. The van der Waals surface area contributed by atoms with Crippen LogP contribution in [0.15, 0.2) is 43.0 Å². The molecule has 1 aromatic carbocycles. The number of amides is 2. The first-order chi connectivity index (χ1) is 16.6. The molecule has 2 unspecified atom stereocenters. The first kappa shape index (κ1) is 24.5. The van der Waals surface area contributed by atoms with Crippen molar-refractivity contribution in [3.63, 3.8) is 0 Å². The number of aryl methyl sites for hydroxylation is 1. The molecular formula is C27H39N5O2. The molecule has 1 fully saturated rings. The highest BCUT2D eigenvalue weighted by Gasteiger charge is 2.33. The lowest BCUT2D eigenvalue weighted by atomic mass is 9.93. The lowest BCUT2D eigenvalue weighted by Crippen LogP contribution is -2.52. The van der Waals surface area contributed by atoms with Crippen molar-refractivity contribution in [3.8, 4) is 0 Å². The third-order valence-electron chi connectivity index (χ3n) is 7.46. The summed E-state index contributed by atoms with van der Waals surface area (Å²) in [5.74, 6) is 0.348. The Balaban J connectivity index is 1.61. The summed E-state index contributed by atoms with van der Waals surface area (Å²) in [6, 6.07) is 8.99. The summed E-state index contributed by atoms with van der Waals surface area (Å²) in [4.78, 5) is 37.2. The Morgan fingerprint density at radius 3 is 2.65 bits per heavy atom. The van der Waals surface area contributed by atoms with Gasteiger partial charge in [0.05, 0.1) is 6.33 Å². The molecule has 1 saturated heterocycles. The molecule has 4 rings (SSSR count). The summed E-state index contributed by atoms with van der Waals surface area (Å²) < 4.78 is 2.02. The van der Waals surface area contributed by atoms with Gasteiger partial charge in [-0.2, -0.15) is 0 Å². The van der Waals surface area contributed by atoms with Gasteiger partial charge in [0, 0.05) is 69.2 Å². The number of carbonyl (C=O) groups excluding carboxylic acids is 2. The van der Waals surface area contributed by atoms with Gasteiger partial charge in [0.25, 0.3) is 0 Å². The van der Waals surface area contributed by atoms with E-state index in [1.54, 1.807) is 12.5 Å². The molecule has 1 aromatic heterocycles. The van der Waals surface area contributed by atoms with Crippen LogP contribution in [0, 0.1) is 0 Å². The summed E-state index contributed by atoms with van der Waals surface area (Å²) in [6.45, 7) is 7.97. The van der Waals surface area contributed by atoms with Crippen molar-refractivity contribution in [2.75, 3.05) is 24.5 Å². The van der Waals surface area contributed by atoms with Crippen LogP contribution >= 0.6 is 0 Å². The van der Waals surface area contributed by atoms with Gasteiger partial charge in [-0.15, -0.1) is 0 Å². The summed E-state index contributed by atoms with van der Waals surface area (Å²) >= 11 is 0. The topological polar surface area (TPSA) is 61.7 Å². The molecule has 2 aromatic rings. The third-order valence-corrected chi connectivity index (χ3v) is 7.46. The quantitative estimate of drug-likeness (QED) is 0.645. The molecule has 184 valence electrons. The second kappa shape index (κ2) is 11.6. The summed E-state index contributed by atoms with van der Waals surface area (Å²) in [7, 11) is 0. The van der Waals surface area contributed by atoms with Crippen LogP contribution in [-0.2, 0) is 22.7 Å². The van der Waals surface area contributed by atoms with Gasteiger partial charge in [-0.25, -0.2) is 4.98 Å². The first-order valence-electron chi connectivity index (χ1n) is 13.0. The van der Waals surface area contributed by atoms with Crippen molar-refractivity contribution < 1.29 is 9.59 Å². The maximum absolute atomic E-state index is 13.5. The van der Waals surface area contributed by atoms with Gasteiger partial charge in [-0.3, -0.25) is 14.5 Å². The smallest absolute Gasteiger partial charge is 0.226 e. The summed E-state index contributed by atoms with van der Waals surface area (Å²) in [6.07, 6.45) is 11.8. The predicted molar refractivity (Wildman–Crippen MR) is 134 cm³/mol. The number of nitrogens with zero attached hydrogens (tertiary/aromatic N) is 5. The number of hydrogen-bond acceptors (Lipinski definition) is 4. The van der Waals surface area contributed by atoms with Crippen molar-refractivity contribution >= 4 is 17.5 Å². The largest absolute Gasteiger partial charge is 0.337 e. The maximum atomic E-state index is 13.5. The van der Waals surface area contributed by atoms with Crippen LogP contribution < -0.4 is 4.90 Å². The number of hydrogen-bond donors (Lipinski definition) is 0. The van der Waals surface area contributed by atoms with E-state index in [-0.39, 0.29) is 11.8 Å². The lowest BCUT2D eigenvalue weighted by Gasteiger charge is -2.43. The van der Waals surface area contributed by atoms with Gasteiger partial charge in [-0.05, 0) is 43.9 Å². The molecule has 34 heavy (non-hydrogen) atoms. The number of benzene rings is 1. The average Bonchev–Trinajstić information content (AvgIpc) is 3.37. The van der Waals surface area contributed by atoms with Crippen LogP contribution in [-0.4, -0.2) is 62.9 Å². The first-order valence-corrected chi connectivity index (χ1v) is 13.0. The Hall–Kier alpha value is -2.67. The van der Waals surface area contributed by atoms with Crippen molar-refractivity contribution in [2.45, 2.75) is 84.0 Å². The molecule has 2 aliphatic rings. The Morgan fingerprint density at radius 2 is 1.88 bits per heavy atom. The fourth-order valence-electron chi connectivity index (χ4n) is 5.70. The molecule has 0 saturated carbocycles. The van der Waals surface area contributed by atoms with Gasteiger partial charge in [-0.1, -0.05) is 38.5 Å². The molecule has 0 N–H and O–H groups in total. The molecule has 0 radical (unpaired) electrons. The molecule has 0 aliphatic carbocycles. The zero-order valence-electron chi connectivity index (χ0n) is 20.7. The molecular weight excluding hydrogens is 426 g/mol. The Bertz CT molecular complexity index is 944. The van der Waals surface area contributed by atoms with Crippen molar-refractivity contribution in [1.82, 2.24) is 19.4 Å². The molecule has 2 atom stereocenters. The van der Waals surface area contributed by atoms with Gasteiger partial charge in [0.15, 0.2) is 0 Å². The number of fused-ring (bicyclic) bond motifs is 3. The second-order valence-electron chi connectivity index (χ2n) is 9.56. The van der Waals surface area contributed by atoms with E-state index < -0.39 is 0 Å². The van der Waals surface area contributed by atoms with Gasteiger partial charge in [0.1, 0.15) is 0 Å². The van der Waals surface area contributed by atoms with E-state index in [4.69, 9.17) is 0 Å². The molecule has 2 bridgehead atoms. The van der Waals surface area contributed by atoms with Crippen LogP contribution in [0.3, 0.4) is 0 Å². The number of anilines is 1. The van der Waals surface area contributed by atoms with E-state index in [2.05, 4.69) is 27.8 Å². The average molecular weight is 466 g/mol. The van der Waals surface area contributed by atoms with E-state index in [0.29, 0.717) is 31.5 Å². The Morgan fingerprint density at radius 1 is 1.06 bits per heavy atom. The van der Waals surface area contributed by atoms with Crippen molar-refractivity contribution in [1.29, 1.82) is 0 Å². The highest BCUT2D eigenvalue weighted by molar-refractivity contribution is 5.94. The SMILES string of the molecule is CCC(=O)N1CCC2CCCC(CN(C(=O)CCCn3ccnc3)Cc3ccccc31)N2CC. The number of likely N-dealkylation sites (N-methyl/N-ethyl adjacent to an activating group) is 1. The highest BCUT2D eigenvalue weighted by atomic mass is 16.2. The third kappa shape index (κ3) is 5.69. The van der Waals surface area contributed by atoms with E-state index >= 15 is 0 Å². The molecule has 7 nitrogen and oxygen atoms in total. The molecule has 7 heteroatoms. The fourth-order valence-corrected chi connectivity index (χ4v) is 5.70. The molecule has 3 heterocycles. The Labute approximate surface area is 203 Å². The number of para-hydroxylation sites is 1. The normalized spacial score (nSPS) is 21.6. The molecule has 2 aliphatic heterocycles. The minimum atomic E-state index is 0.153. The number of piperidine rings is 1. The predicted octanol–water partition coefficient (Wildman–Crippen LogP) is 4.08. The highest BCUT2D eigenvalue weighted by Crippen LogP contribution is 2.30. The summed E-state index contributed by atoms with van der Waals surface area (Å²) in [5.41, 5.74) is 2.02. The van der Waals surface area contributed by atoms with E-state index in [1.807, 2.05) is 40.8 Å².